The summed E-state index contributed by atoms with van der Waals surface area (Å²) in [4.78, 5) is 9.00. The molecule has 1 aliphatic heterocycles. The van der Waals surface area contributed by atoms with Crippen LogP contribution in [0.25, 0.3) is 11.3 Å². The lowest BCUT2D eigenvalue weighted by Crippen LogP contribution is -2.24. The average molecular weight is 565 g/mol. The minimum Gasteiger partial charge on any atom is -0.360 e. The van der Waals surface area contributed by atoms with E-state index < -0.39 is 0 Å². The highest BCUT2D eigenvalue weighted by Gasteiger charge is 2.21. The summed E-state index contributed by atoms with van der Waals surface area (Å²) in [5.74, 6) is 8.70. The molecule has 2 atom stereocenters. The highest BCUT2D eigenvalue weighted by Crippen LogP contribution is 2.25. The Kier molecular flexibility index (Phi) is 8.81. The maximum absolute atomic E-state index is 6.11. The highest BCUT2D eigenvalue weighted by molar-refractivity contribution is 5.59. The fourth-order valence-corrected chi connectivity index (χ4v) is 4.73. The van der Waals surface area contributed by atoms with E-state index in [1.807, 2.05) is 66.2 Å². The molecule has 42 heavy (non-hydrogen) atoms. The van der Waals surface area contributed by atoms with Gasteiger partial charge in [0.25, 0.3) is 0 Å². The van der Waals surface area contributed by atoms with Gasteiger partial charge in [0.2, 0.25) is 0 Å². The van der Waals surface area contributed by atoms with E-state index in [0.29, 0.717) is 25.4 Å². The molecule has 1 fully saturated rings. The molecular formula is C32H32N6O4. The Bertz CT molecular complexity index is 1610. The number of rotatable bonds is 10. The first-order chi connectivity index (χ1) is 20.7. The van der Waals surface area contributed by atoms with Gasteiger partial charge in [-0.3, -0.25) is 4.98 Å². The summed E-state index contributed by atoms with van der Waals surface area (Å²) in [6, 6.07) is 15.6. The van der Waals surface area contributed by atoms with Gasteiger partial charge >= 0.3 is 0 Å². The maximum Gasteiger partial charge on any atom is 0.167 e. The van der Waals surface area contributed by atoms with Crippen molar-refractivity contribution in [2.45, 2.75) is 58.2 Å². The molecule has 1 saturated heterocycles. The van der Waals surface area contributed by atoms with Gasteiger partial charge in [0.1, 0.15) is 23.4 Å². The Labute approximate surface area is 244 Å². The lowest BCUT2D eigenvalue weighted by Gasteiger charge is -2.26. The third-order valence-electron chi connectivity index (χ3n) is 6.94. The number of pyridine rings is 1. The van der Waals surface area contributed by atoms with Crippen molar-refractivity contribution < 1.29 is 18.5 Å². The van der Waals surface area contributed by atoms with Crippen molar-refractivity contribution in [2.75, 3.05) is 6.61 Å². The molecule has 1 unspecified atom stereocenters. The Morgan fingerprint density at radius 3 is 2.64 bits per heavy atom. The molecule has 0 radical (unpaired) electrons. The number of ether oxygens (including phenoxy) is 2. The lowest BCUT2D eigenvalue weighted by atomic mass is 10.1. The van der Waals surface area contributed by atoms with Crippen LogP contribution >= 0.6 is 0 Å². The molecule has 10 nitrogen and oxygen atoms in total. The normalized spacial score (nSPS) is 15.7. The van der Waals surface area contributed by atoms with Crippen molar-refractivity contribution in [3.63, 3.8) is 0 Å². The summed E-state index contributed by atoms with van der Waals surface area (Å²) in [5, 5.41) is 11.3. The zero-order valence-corrected chi connectivity index (χ0v) is 23.4. The first-order valence-corrected chi connectivity index (χ1v) is 14.1. The molecule has 1 aromatic carbocycles. The first kappa shape index (κ1) is 27.6. The predicted molar refractivity (Wildman–Crippen MR) is 154 cm³/mol. The van der Waals surface area contributed by atoms with Crippen LogP contribution in [0.2, 0.25) is 0 Å². The number of imidazole rings is 1. The van der Waals surface area contributed by atoms with Crippen LogP contribution in [0.4, 0.5) is 0 Å². The number of nitrogens with one attached hydrogen (secondary N) is 1. The van der Waals surface area contributed by atoms with Crippen molar-refractivity contribution in [2.24, 2.45) is 0 Å². The van der Waals surface area contributed by atoms with Crippen LogP contribution in [0.15, 0.2) is 82.4 Å². The Morgan fingerprint density at radius 2 is 1.86 bits per heavy atom. The Morgan fingerprint density at radius 1 is 0.976 bits per heavy atom. The molecule has 5 heterocycles. The van der Waals surface area contributed by atoms with E-state index in [1.165, 1.54) is 0 Å². The largest absolute Gasteiger partial charge is 0.360 e. The van der Waals surface area contributed by atoms with Crippen LogP contribution in [0.5, 0.6) is 0 Å². The SMILES string of the molecule is C[C@H](OC1CCCCO1)c1nccn1Cc1cc(-c2ccc(C#Cc3ccc(CNCc4ccno4)nc3)cc2)on1. The van der Waals surface area contributed by atoms with E-state index in [9.17, 15) is 0 Å². The van der Waals surface area contributed by atoms with E-state index in [0.717, 1.165) is 65.5 Å². The maximum atomic E-state index is 6.11. The van der Waals surface area contributed by atoms with Crippen molar-refractivity contribution in [1.82, 2.24) is 30.2 Å². The first-order valence-electron chi connectivity index (χ1n) is 14.1. The van der Waals surface area contributed by atoms with Crippen molar-refractivity contribution >= 4 is 0 Å². The molecule has 6 rings (SSSR count). The lowest BCUT2D eigenvalue weighted by molar-refractivity contribution is -0.188. The zero-order valence-electron chi connectivity index (χ0n) is 23.4. The Balaban J connectivity index is 1.03. The summed E-state index contributed by atoms with van der Waals surface area (Å²) < 4.78 is 24.6. The molecule has 214 valence electrons. The molecule has 0 saturated carbocycles. The van der Waals surface area contributed by atoms with Crippen molar-refractivity contribution in [3.05, 3.63) is 107 Å². The third-order valence-corrected chi connectivity index (χ3v) is 6.94. The van der Waals surface area contributed by atoms with E-state index in [-0.39, 0.29) is 12.4 Å². The van der Waals surface area contributed by atoms with Gasteiger partial charge in [0.15, 0.2) is 12.1 Å². The second-order valence-corrected chi connectivity index (χ2v) is 10.1. The van der Waals surface area contributed by atoms with E-state index >= 15 is 0 Å². The smallest absolute Gasteiger partial charge is 0.167 e. The molecule has 1 N–H and O–H groups in total. The molecule has 0 spiro atoms. The molecule has 10 heteroatoms. The van der Waals surface area contributed by atoms with Crippen molar-refractivity contribution in [1.29, 1.82) is 0 Å². The predicted octanol–water partition coefficient (Wildman–Crippen LogP) is 5.26. The fourth-order valence-electron chi connectivity index (χ4n) is 4.73. The average Bonchev–Trinajstić information content (AvgIpc) is 3.81. The molecule has 1 aliphatic rings. The minimum atomic E-state index is -0.190. The standard InChI is InChI=1S/C32H32N6O4/c1-23(40-31-4-2-3-17-39-31)32-34-15-16-38(32)22-28-18-30(42-37-28)26-10-7-24(8-11-26)5-6-25-9-12-27(35-19-25)20-33-21-29-13-14-36-41-29/h7-16,18-19,23,31,33H,2-4,17,20-22H2,1H3/t23-,31?/m0/s1. The summed E-state index contributed by atoms with van der Waals surface area (Å²) in [6.45, 7) is 4.52. The summed E-state index contributed by atoms with van der Waals surface area (Å²) in [7, 11) is 0. The van der Waals surface area contributed by atoms with E-state index in [4.69, 9.17) is 18.5 Å². The summed E-state index contributed by atoms with van der Waals surface area (Å²) in [6.07, 6.45) is 9.88. The van der Waals surface area contributed by atoms with Gasteiger partial charge in [-0.2, -0.15) is 0 Å². The van der Waals surface area contributed by atoms with Crippen LogP contribution in [0.3, 0.4) is 0 Å². The van der Waals surface area contributed by atoms with Crippen LogP contribution < -0.4 is 5.32 Å². The second-order valence-electron chi connectivity index (χ2n) is 10.1. The molecule has 5 aromatic rings. The highest BCUT2D eigenvalue weighted by atomic mass is 16.7. The van der Waals surface area contributed by atoms with Gasteiger partial charge in [-0.25, -0.2) is 4.98 Å². The second kappa shape index (κ2) is 13.4. The van der Waals surface area contributed by atoms with E-state index in [1.54, 1.807) is 18.6 Å². The topological polar surface area (TPSA) is 113 Å². The minimum absolute atomic E-state index is 0.174. The van der Waals surface area contributed by atoms with E-state index in [2.05, 4.69) is 37.4 Å². The molecule has 0 bridgehead atoms. The quantitative estimate of drug-likeness (QED) is 0.227. The molecular weight excluding hydrogens is 532 g/mol. The Hall–Kier alpha value is -4.56. The fraction of sp³-hybridized carbons (Fsp3) is 0.312. The van der Waals surface area contributed by atoms with Gasteiger partial charge in [-0.15, -0.1) is 0 Å². The van der Waals surface area contributed by atoms with Gasteiger partial charge in [0, 0.05) is 60.6 Å². The van der Waals surface area contributed by atoms with Crippen LogP contribution in [-0.4, -0.2) is 37.7 Å². The van der Waals surface area contributed by atoms with Gasteiger partial charge in [-0.1, -0.05) is 22.2 Å². The summed E-state index contributed by atoms with van der Waals surface area (Å²) in [5.41, 5.74) is 4.41. The number of benzene rings is 1. The monoisotopic (exact) mass is 564 g/mol. The van der Waals surface area contributed by atoms with Gasteiger partial charge < -0.3 is 28.4 Å². The van der Waals surface area contributed by atoms with Crippen LogP contribution in [0, 0.1) is 11.8 Å². The number of aromatic nitrogens is 5. The zero-order chi connectivity index (χ0) is 28.6. The molecule has 0 aliphatic carbocycles. The third kappa shape index (κ3) is 7.19. The van der Waals surface area contributed by atoms with Gasteiger partial charge in [0.05, 0.1) is 25.0 Å². The number of nitrogens with zero attached hydrogens (tertiary/aromatic N) is 5. The van der Waals surface area contributed by atoms with Crippen molar-refractivity contribution in [3.8, 4) is 23.2 Å². The number of hydrogen-bond acceptors (Lipinski definition) is 9. The van der Waals surface area contributed by atoms with Crippen LogP contribution in [-0.2, 0) is 29.1 Å². The van der Waals surface area contributed by atoms with Gasteiger partial charge in [-0.05, 0) is 62.6 Å². The van der Waals surface area contributed by atoms with Crippen LogP contribution in [0.1, 0.15) is 66.4 Å². The molecule has 4 aromatic heterocycles. The summed E-state index contributed by atoms with van der Waals surface area (Å²) >= 11 is 0. The number of hydrogen-bond donors (Lipinski definition) is 1. The molecule has 0 amide bonds.